The molecule has 0 saturated heterocycles. The van der Waals surface area contributed by atoms with E-state index in [1.807, 2.05) is 0 Å². The molecule has 0 amide bonds. The molecule has 0 aromatic carbocycles. The highest BCUT2D eigenvalue weighted by molar-refractivity contribution is 5.29. The van der Waals surface area contributed by atoms with Crippen molar-refractivity contribution >= 4 is 0 Å². The molecule has 15 heavy (non-hydrogen) atoms. The average Bonchev–Trinajstić information content (AvgIpc) is 1.99. The second-order valence-electron chi connectivity index (χ2n) is 3.41. The van der Waals surface area contributed by atoms with Gasteiger partial charge in [0.05, 0.1) is 11.5 Å². The molecule has 86 valence electrons. The Morgan fingerprint density at radius 2 is 1.60 bits per heavy atom. The first-order valence-electron chi connectivity index (χ1n) is 4.16. The monoisotopic (exact) mass is 230 g/mol. The second kappa shape index (κ2) is 3.57. The van der Waals surface area contributed by atoms with Gasteiger partial charge in [0.25, 0.3) is 0 Å². The molecule has 0 nitrogen and oxygen atoms in total. The van der Waals surface area contributed by atoms with E-state index >= 15 is 0 Å². The zero-order chi connectivity index (χ0) is 11.9. The highest BCUT2D eigenvalue weighted by Gasteiger charge is 2.44. The molecule has 1 aliphatic carbocycles. The van der Waals surface area contributed by atoms with Crippen LogP contribution in [-0.2, 0) is 0 Å². The van der Waals surface area contributed by atoms with Crippen LogP contribution in [0.4, 0.5) is 26.3 Å². The van der Waals surface area contributed by atoms with Crippen LogP contribution in [0.25, 0.3) is 0 Å². The van der Waals surface area contributed by atoms with Crippen LogP contribution in [-0.4, -0.2) is 12.4 Å². The topological polar surface area (TPSA) is 0 Å². The lowest BCUT2D eigenvalue weighted by Gasteiger charge is -2.25. The van der Waals surface area contributed by atoms with Crippen LogP contribution in [0.1, 0.15) is 6.92 Å². The zero-order valence-corrected chi connectivity index (χ0v) is 7.65. The van der Waals surface area contributed by atoms with Gasteiger partial charge < -0.3 is 0 Å². The number of alkyl halides is 6. The van der Waals surface area contributed by atoms with E-state index in [9.17, 15) is 26.3 Å². The molecule has 0 aliphatic heterocycles. The molecular formula is C9H8F6. The van der Waals surface area contributed by atoms with Crippen molar-refractivity contribution in [3.05, 3.63) is 23.8 Å². The van der Waals surface area contributed by atoms with Gasteiger partial charge >= 0.3 is 12.4 Å². The fourth-order valence-corrected chi connectivity index (χ4v) is 1.42. The molecule has 0 aromatic rings. The van der Waals surface area contributed by atoms with Crippen molar-refractivity contribution in [1.82, 2.24) is 0 Å². The van der Waals surface area contributed by atoms with Crippen LogP contribution >= 0.6 is 0 Å². The fourth-order valence-electron chi connectivity index (χ4n) is 1.42. The minimum Gasteiger partial charge on any atom is -0.170 e. The van der Waals surface area contributed by atoms with Gasteiger partial charge in [-0.3, -0.25) is 0 Å². The Labute approximate surface area is 82.3 Å². The van der Waals surface area contributed by atoms with Gasteiger partial charge in [0, 0.05) is 0 Å². The zero-order valence-electron chi connectivity index (χ0n) is 7.65. The molecule has 6 heteroatoms. The van der Waals surface area contributed by atoms with E-state index in [-0.39, 0.29) is 0 Å². The third-order valence-electron chi connectivity index (χ3n) is 2.20. The number of hydrogen-bond donors (Lipinski definition) is 0. The third-order valence-corrected chi connectivity index (χ3v) is 2.20. The quantitative estimate of drug-likeness (QED) is 0.554. The summed E-state index contributed by atoms with van der Waals surface area (Å²) in [4.78, 5) is 0. The first kappa shape index (κ1) is 12.1. The molecule has 0 N–H and O–H groups in total. The second-order valence-corrected chi connectivity index (χ2v) is 3.41. The fraction of sp³-hybridized carbons (Fsp3) is 0.556. The molecule has 0 spiro atoms. The number of rotatable bonds is 0. The molecule has 1 rings (SSSR count). The Kier molecular flexibility index (Phi) is 2.89. The Bertz CT molecular complexity index is 293. The van der Waals surface area contributed by atoms with Crippen LogP contribution < -0.4 is 0 Å². The van der Waals surface area contributed by atoms with Crippen LogP contribution in [0.2, 0.25) is 0 Å². The Hall–Kier alpha value is -0.940. The standard InChI is InChI=1S/C9H8F6/c1-5-4-6(8(10,11)12)2-3-7(5)9(13,14)15/h2-5,7H,1H3. The first-order chi connectivity index (χ1) is 6.62. The summed E-state index contributed by atoms with van der Waals surface area (Å²) in [7, 11) is 0. The van der Waals surface area contributed by atoms with Crippen molar-refractivity contribution in [2.24, 2.45) is 11.8 Å². The van der Waals surface area contributed by atoms with E-state index in [1.165, 1.54) is 0 Å². The maximum atomic E-state index is 12.3. The highest BCUT2D eigenvalue weighted by atomic mass is 19.4. The summed E-state index contributed by atoms with van der Waals surface area (Å²) in [5.41, 5.74) is -1.02. The van der Waals surface area contributed by atoms with Crippen LogP contribution in [0.15, 0.2) is 23.8 Å². The number of hydrogen-bond acceptors (Lipinski definition) is 0. The van der Waals surface area contributed by atoms with Gasteiger partial charge in [-0.25, -0.2) is 0 Å². The molecule has 2 atom stereocenters. The molecule has 0 saturated carbocycles. The summed E-state index contributed by atoms with van der Waals surface area (Å²) in [6.45, 7) is 1.12. The molecule has 0 aromatic heterocycles. The smallest absolute Gasteiger partial charge is 0.170 e. The normalized spacial score (nSPS) is 27.8. The molecule has 0 fully saturated rings. The lowest BCUT2D eigenvalue weighted by atomic mass is 9.86. The summed E-state index contributed by atoms with van der Waals surface area (Å²) in [6.07, 6.45) is -7.42. The van der Waals surface area contributed by atoms with Gasteiger partial charge in [0.2, 0.25) is 0 Å². The first-order valence-corrected chi connectivity index (χ1v) is 4.16. The van der Waals surface area contributed by atoms with Crippen LogP contribution in [0, 0.1) is 11.8 Å². The van der Waals surface area contributed by atoms with Crippen molar-refractivity contribution < 1.29 is 26.3 Å². The van der Waals surface area contributed by atoms with E-state index < -0.39 is 29.8 Å². The van der Waals surface area contributed by atoms with E-state index in [4.69, 9.17) is 0 Å². The SMILES string of the molecule is CC1C=C(C(F)(F)F)C=CC1C(F)(F)F. The van der Waals surface area contributed by atoms with Gasteiger partial charge in [0.1, 0.15) is 0 Å². The van der Waals surface area contributed by atoms with Gasteiger partial charge in [-0.2, -0.15) is 26.3 Å². The lowest BCUT2D eigenvalue weighted by molar-refractivity contribution is -0.170. The van der Waals surface area contributed by atoms with Gasteiger partial charge in [-0.1, -0.05) is 25.2 Å². The Morgan fingerprint density at radius 1 is 1.07 bits per heavy atom. The van der Waals surface area contributed by atoms with Gasteiger partial charge in [0.15, 0.2) is 0 Å². The summed E-state index contributed by atoms with van der Waals surface area (Å²) >= 11 is 0. The summed E-state index contributed by atoms with van der Waals surface area (Å²) in [5, 5.41) is 0. The van der Waals surface area contributed by atoms with E-state index in [0.29, 0.717) is 18.2 Å². The van der Waals surface area contributed by atoms with Crippen molar-refractivity contribution in [3.63, 3.8) is 0 Å². The van der Waals surface area contributed by atoms with Crippen LogP contribution in [0.3, 0.4) is 0 Å². The third kappa shape index (κ3) is 2.76. The van der Waals surface area contributed by atoms with Crippen molar-refractivity contribution in [2.75, 3.05) is 0 Å². The molecule has 0 radical (unpaired) electrons. The number of allylic oxidation sites excluding steroid dienone is 4. The maximum Gasteiger partial charge on any atom is 0.416 e. The predicted molar refractivity (Wildman–Crippen MR) is 42.0 cm³/mol. The Morgan fingerprint density at radius 3 is 1.93 bits per heavy atom. The molecule has 2 unspecified atom stereocenters. The summed E-state index contributed by atoms with van der Waals surface area (Å²) in [6, 6.07) is 0. The average molecular weight is 230 g/mol. The predicted octanol–water partition coefficient (Wildman–Crippen LogP) is 3.86. The summed E-state index contributed by atoms with van der Waals surface area (Å²) < 4.78 is 73.2. The summed E-state index contributed by atoms with van der Waals surface area (Å²) in [5.74, 6) is -3.02. The van der Waals surface area contributed by atoms with Crippen molar-refractivity contribution in [2.45, 2.75) is 19.3 Å². The minimum atomic E-state index is -4.58. The van der Waals surface area contributed by atoms with E-state index in [0.717, 1.165) is 6.92 Å². The van der Waals surface area contributed by atoms with Gasteiger partial charge in [-0.15, -0.1) is 0 Å². The maximum absolute atomic E-state index is 12.3. The molecular weight excluding hydrogens is 222 g/mol. The van der Waals surface area contributed by atoms with Gasteiger partial charge in [-0.05, 0) is 5.92 Å². The highest BCUT2D eigenvalue weighted by Crippen LogP contribution is 2.40. The molecule has 1 aliphatic rings. The number of halogens is 6. The minimum absolute atomic E-state index is 0.484. The largest absolute Gasteiger partial charge is 0.416 e. The van der Waals surface area contributed by atoms with E-state index in [2.05, 4.69) is 0 Å². The Balaban J connectivity index is 2.90. The van der Waals surface area contributed by atoms with Crippen molar-refractivity contribution in [3.8, 4) is 0 Å². The van der Waals surface area contributed by atoms with Crippen molar-refractivity contribution in [1.29, 1.82) is 0 Å². The molecule has 0 heterocycles. The van der Waals surface area contributed by atoms with E-state index in [1.54, 1.807) is 0 Å². The lowest BCUT2D eigenvalue weighted by Crippen LogP contribution is -2.29. The van der Waals surface area contributed by atoms with Crippen LogP contribution in [0.5, 0.6) is 0 Å². The molecule has 0 bridgehead atoms.